The number of aliphatic carboxylic acids is 1. The lowest BCUT2D eigenvalue weighted by Crippen LogP contribution is -2.38. The smallest absolute Gasteiger partial charge is 0.310 e. The molecule has 0 bridgehead atoms. The second-order valence-corrected chi connectivity index (χ2v) is 5.46. The van der Waals surface area contributed by atoms with Crippen molar-refractivity contribution in [2.24, 2.45) is 5.41 Å². The van der Waals surface area contributed by atoms with E-state index < -0.39 is 11.4 Å². The Morgan fingerprint density at radius 2 is 1.95 bits per heavy atom. The van der Waals surface area contributed by atoms with E-state index in [9.17, 15) is 9.59 Å². The number of carboxylic acid groups (broad SMARTS) is 1. The lowest BCUT2D eigenvalue weighted by atomic mass is 9.94. The first kappa shape index (κ1) is 15.5. The molecule has 0 spiro atoms. The van der Waals surface area contributed by atoms with E-state index in [1.807, 2.05) is 18.2 Å². The van der Waals surface area contributed by atoms with Gasteiger partial charge in [-0.25, -0.2) is 0 Å². The van der Waals surface area contributed by atoms with Gasteiger partial charge in [0.25, 0.3) is 0 Å². The summed E-state index contributed by atoms with van der Waals surface area (Å²) in [5.74, 6) is -1.10. The summed E-state index contributed by atoms with van der Waals surface area (Å²) in [4.78, 5) is 22.5. The molecule has 1 amide bonds. The van der Waals surface area contributed by atoms with Crippen LogP contribution < -0.4 is 5.32 Å². The highest BCUT2D eigenvalue weighted by atomic mass is 35.5. The first-order valence-corrected chi connectivity index (χ1v) is 6.44. The van der Waals surface area contributed by atoms with Gasteiger partial charge in [0.1, 0.15) is 0 Å². The standard InChI is InChI=1S/C14H18ClNO3/c1-14(2,13(18)19)9-16-12(17)8-7-10-5-3-4-6-11(10)15/h3-6H,7-9H2,1-2H3,(H,16,17)(H,18,19). The molecule has 0 atom stereocenters. The lowest BCUT2D eigenvalue weighted by molar-refractivity contribution is -0.146. The number of amides is 1. The molecule has 1 rings (SSSR count). The van der Waals surface area contributed by atoms with E-state index in [2.05, 4.69) is 5.32 Å². The Kier molecular flexibility index (Phi) is 5.36. The number of nitrogens with one attached hydrogen (secondary N) is 1. The second-order valence-electron chi connectivity index (χ2n) is 5.06. The summed E-state index contributed by atoms with van der Waals surface area (Å²) in [5, 5.41) is 12.2. The average Bonchev–Trinajstić information content (AvgIpc) is 2.35. The summed E-state index contributed by atoms with van der Waals surface area (Å²) in [5.41, 5.74) is -0.0446. The molecule has 4 nitrogen and oxygen atoms in total. The van der Waals surface area contributed by atoms with Gasteiger partial charge in [0.15, 0.2) is 0 Å². The SMILES string of the molecule is CC(C)(CNC(=O)CCc1ccccc1Cl)C(=O)O. The van der Waals surface area contributed by atoms with Crippen LogP contribution in [0.1, 0.15) is 25.8 Å². The minimum absolute atomic E-state index is 0.115. The number of hydrogen-bond donors (Lipinski definition) is 2. The average molecular weight is 284 g/mol. The van der Waals surface area contributed by atoms with E-state index in [4.69, 9.17) is 16.7 Å². The quantitative estimate of drug-likeness (QED) is 0.843. The monoisotopic (exact) mass is 283 g/mol. The molecule has 0 fully saturated rings. The molecular weight excluding hydrogens is 266 g/mol. The van der Waals surface area contributed by atoms with E-state index in [1.165, 1.54) is 0 Å². The van der Waals surface area contributed by atoms with Crippen molar-refractivity contribution in [2.75, 3.05) is 6.54 Å². The summed E-state index contributed by atoms with van der Waals surface area (Å²) >= 11 is 5.99. The van der Waals surface area contributed by atoms with E-state index in [-0.39, 0.29) is 12.5 Å². The molecule has 19 heavy (non-hydrogen) atoms. The number of carbonyl (C=O) groups is 2. The number of aryl methyl sites for hydroxylation is 1. The Bertz CT molecular complexity index is 472. The summed E-state index contributed by atoms with van der Waals surface area (Å²) in [6.07, 6.45) is 0.832. The van der Waals surface area contributed by atoms with Crippen LogP contribution in [0.3, 0.4) is 0 Å². The van der Waals surface area contributed by atoms with Crippen LogP contribution in [0.2, 0.25) is 5.02 Å². The Labute approximate surface area is 117 Å². The minimum atomic E-state index is -0.958. The molecule has 2 N–H and O–H groups in total. The number of carbonyl (C=O) groups excluding carboxylic acids is 1. The fourth-order valence-electron chi connectivity index (χ4n) is 1.43. The summed E-state index contributed by atoms with van der Waals surface area (Å²) in [6.45, 7) is 3.26. The molecule has 0 unspecified atom stereocenters. The summed E-state index contributed by atoms with van der Waals surface area (Å²) < 4.78 is 0. The van der Waals surface area contributed by atoms with Crippen molar-refractivity contribution in [2.45, 2.75) is 26.7 Å². The van der Waals surface area contributed by atoms with Crippen molar-refractivity contribution in [1.82, 2.24) is 5.32 Å². The summed E-state index contributed by atoms with van der Waals surface area (Å²) in [7, 11) is 0. The topological polar surface area (TPSA) is 66.4 Å². The highest BCUT2D eigenvalue weighted by Gasteiger charge is 2.27. The molecule has 0 heterocycles. The van der Waals surface area contributed by atoms with Gasteiger partial charge in [-0.2, -0.15) is 0 Å². The molecule has 0 aliphatic rings. The van der Waals surface area contributed by atoms with Crippen molar-refractivity contribution in [1.29, 1.82) is 0 Å². The van der Waals surface area contributed by atoms with Gasteiger partial charge < -0.3 is 10.4 Å². The fourth-order valence-corrected chi connectivity index (χ4v) is 1.66. The van der Waals surface area contributed by atoms with Gasteiger partial charge in [0.2, 0.25) is 5.91 Å². The van der Waals surface area contributed by atoms with Crippen LogP contribution in [-0.4, -0.2) is 23.5 Å². The van der Waals surface area contributed by atoms with E-state index >= 15 is 0 Å². The molecule has 0 aliphatic carbocycles. The lowest BCUT2D eigenvalue weighted by Gasteiger charge is -2.19. The first-order chi connectivity index (χ1) is 8.83. The zero-order valence-electron chi connectivity index (χ0n) is 11.1. The molecule has 0 saturated carbocycles. The van der Waals surface area contributed by atoms with E-state index in [0.29, 0.717) is 17.9 Å². The Balaban J connectivity index is 2.41. The molecule has 0 aromatic heterocycles. The highest BCUT2D eigenvalue weighted by molar-refractivity contribution is 6.31. The van der Waals surface area contributed by atoms with Gasteiger partial charge in [-0.1, -0.05) is 29.8 Å². The van der Waals surface area contributed by atoms with Crippen molar-refractivity contribution < 1.29 is 14.7 Å². The molecular formula is C14H18ClNO3. The summed E-state index contributed by atoms with van der Waals surface area (Å²) in [6, 6.07) is 7.35. The maximum Gasteiger partial charge on any atom is 0.310 e. The minimum Gasteiger partial charge on any atom is -0.481 e. The second kappa shape index (κ2) is 6.57. The highest BCUT2D eigenvalue weighted by Crippen LogP contribution is 2.17. The molecule has 1 aromatic rings. The van der Waals surface area contributed by atoms with Crippen LogP contribution >= 0.6 is 11.6 Å². The van der Waals surface area contributed by atoms with Crippen LogP contribution in [0.15, 0.2) is 24.3 Å². The maximum absolute atomic E-state index is 11.6. The van der Waals surface area contributed by atoms with Crippen molar-refractivity contribution in [3.8, 4) is 0 Å². The number of benzene rings is 1. The zero-order chi connectivity index (χ0) is 14.5. The van der Waals surface area contributed by atoms with Crippen LogP contribution in [0, 0.1) is 5.41 Å². The third-order valence-electron chi connectivity index (χ3n) is 2.89. The van der Waals surface area contributed by atoms with Gasteiger partial charge in [0, 0.05) is 18.0 Å². The van der Waals surface area contributed by atoms with Crippen LogP contribution in [0.25, 0.3) is 0 Å². The Morgan fingerprint density at radius 3 is 2.53 bits per heavy atom. The Morgan fingerprint density at radius 1 is 1.32 bits per heavy atom. The van der Waals surface area contributed by atoms with Gasteiger partial charge >= 0.3 is 5.97 Å². The molecule has 0 aliphatic heterocycles. The van der Waals surface area contributed by atoms with Crippen molar-refractivity contribution in [3.63, 3.8) is 0 Å². The molecule has 5 heteroatoms. The van der Waals surface area contributed by atoms with Crippen LogP contribution in [0.5, 0.6) is 0 Å². The third kappa shape index (κ3) is 4.91. The predicted octanol–water partition coefficient (Wildman–Crippen LogP) is 2.50. The first-order valence-electron chi connectivity index (χ1n) is 6.06. The molecule has 0 radical (unpaired) electrons. The van der Waals surface area contributed by atoms with Crippen LogP contribution in [0.4, 0.5) is 0 Å². The van der Waals surface area contributed by atoms with Gasteiger partial charge in [0.05, 0.1) is 5.41 Å². The predicted molar refractivity (Wildman–Crippen MR) is 74.2 cm³/mol. The van der Waals surface area contributed by atoms with Gasteiger partial charge in [-0.3, -0.25) is 9.59 Å². The number of rotatable bonds is 6. The van der Waals surface area contributed by atoms with Gasteiger partial charge in [-0.15, -0.1) is 0 Å². The van der Waals surface area contributed by atoms with E-state index in [0.717, 1.165) is 5.56 Å². The maximum atomic E-state index is 11.6. The number of halogens is 1. The van der Waals surface area contributed by atoms with Crippen molar-refractivity contribution >= 4 is 23.5 Å². The zero-order valence-corrected chi connectivity index (χ0v) is 11.8. The van der Waals surface area contributed by atoms with Gasteiger partial charge in [-0.05, 0) is 31.9 Å². The molecule has 104 valence electrons. The molecule has 0 saturated heterocycles. The molecule has 1 aromatic carbocycles. The van der Waals surface area contributed by atoms with Crippen LogP contribution in [-0.2, 0) is 16.0 Å². The normalized spacial score (nSPS) is 11.1. The number of carboxylic acids is 1. The van der Waals surface area contributed by atoms with Crippen molar-refractivity contribution in [3.05, 3.63) is 34.9 Å². The largest absolute Gasteiger partial charge is 0.481 e. The fraction of sp³-hybridized carbons (Fsp3) is 0.429. The third-order valence-corrected chi connectivity index (χ3v) is 3.25. The van der Waals surface area contributed by atoms with E-state index in [1.54, 1.807) is 19.9 Å². The number of hydrogen-bond acceptors (Lipinski definition) is 2. The Hall–Kier alpha value is -1.55.